The number of ether oxygens (including phenoxy) is 2. The van der Waals surface area contributed by atoms with Gasteiger partial charge in [0.1, 0.15) is 5.75 Å². The Morgan fingerprint density at radius 2 is 1.85 bits per heavy atom. The lowest BCUT2D eigenvalue weighted by Crippen LogP contribution is -2.32. The third-order valence-corrected chi connectivity index (χ3v) is 4.04. The van der Waals surface area contributed by atoms with E-state index < -0.39 is 6.10 Å². The number of carbonyl (C=O) groups excluding carboxylic acids is 2. The average molecular weight is 370 g/mol. The van der Waals surface area contributed by atoms with Crippen molar-refractivity contribution in [2.24, 2.45) is 0 Å². The Kier molecular flexibility index (Phi) is 7.37. The van der Waals surface area contributed by atoms with E-state index in [1.807, 2.05) is 32.0 Å². The fraction of sp³-hybridized carbons (Fsp3) is 0.333. The SMILES string of the molecule is COCCNC(=O)c1ccccc1NC(=O)C(C)Oc1cc(C)ccc1C. The average Bonchev–Trinajstić information content (AvgIpc) is 2.65. The number of anilines is 1. The third-order valence-electron chi connectivity index (χ3n) is 4.04. The van der Waals surface area contributed by atoms with Gasteiger partial charge in [-0.2, -0.15) is 0 Å². The molecule has 0 aromatic heterocycles. The second kappa shape index (κ2) is 9.73. The predicted molar refractivity (Wildman–Crippen MR) is 105 cm³/mol. The third kappa shape index (κ3) is 5.82. The van der Waals surface area contributed by atoms with Crippen LogP contribution in [0.2, 0.25) is 0 Å². The standard InChI is InChI=1S/C21H26N2O4/c1-14-9-10-15(2)19(13-14)27-16(3)20(24)23-18-8-6-5-7-17(18)21(25)22-11-12-26-4/h5-10,13,16H,11-12H2,1-4H3,(H,22,25)(H,23,24). The number of hydrogen-bond donors (Lipinski definition) is 2. The van der Waals surface area contributed by atoms with Gasteiger partial charge in [0.2, 0.25) is 0 Å². The molecule has 0 radical (unpaired) electrons. The highest BCUT2D eigenvalue weighted by atomic mass is 16.5. The summed E-state index contributed by atoms with van der Waals surface area (Å²) >= 11 is 0. The van der Waals surface area contributed by atoms with Crippen molar-refractivity contribution in [3.8, 4) is 5.75 Å². The molecule has 0 fully saturated rings. The molecule has 2 N–H and O–H groups in total. The Morgan fingerprint density at radius 3 is 2.59 bits per heavy atom. The van der Waals surface area contributed by atoms with Crippen molar-refractivity contribution in [1.29, 1.82) is 0 Å². The molecule has 1 unspecified atom stereocenters. The van der Waals surface area contributed by atoms with E-state index in [1.165, 1.54) is 0 Å². The van der Waals surface area contributed by atoms with Crippen LogP contribution in [0, 0.1) is 13.8 Å². The summed E-state index contributed by atoms with van der Waals surface area (Å²) in [5.74, 6) is 0.0716. The van der Waals surface area contributed by atoms with Crippen LogP contribution in [-0.2, 0) is 9.53 Å². The number of amides is 2. The van der Waals surface area contributed by atoms with Crippen LogP contribution in [0.25, 0.3) is 0 Å². The number of carbonyl (C=O) groups is 2. The number of methoxy groups -OCH3 is 1. The number of para-hydroxylation sites is 1. The monoisotopic (exact) mass is 370 g/mol. The molecule has 2 aromatic rings. The molecule has 0 aliphatic carbocycles. The lowest BCUT2D eigenvalue weighted by Gasteiger charge is -2.18. The maximum atomic E-state index is 12.6. The first-order chi connectivity index (χ1) is 12.9. The van der Waals surface area contributed by atoms with Crippen LogP contribution in [-0.4, -0.2) is 38.2 Å². The second-order valence-corrected chi connectivity index (χ2v) is 6.31. The first-order valence-electron chi connectivity index (χ1n) is 8.83. The normalized spacial score (nSPS) is 11.6. The van der Waals surface area contributed by atoms with Crippen molar-refractivity contribution < 1.29 is 19.1 Å². The zero-order valence-electron chi connectivity index (χ0n) is 16.2. The van der Waals surface area contributed by atoms with E-state index in [0.717, 1.165) is 11.1 Å². The van der Waals surface area contributed by atoms with E-state index in [0.29, 0.717) is 30.2 Å². The molecule has 0 saturated heterocycles. The van der Waals surface area contributed by atoms with Gasteiger partial charge in [0.05, 0.1) is 17.9 Å². The number of nitrogens with one attached hydrogen (secondary N) is 2. The van der Waals surface area contributed by atoms with Crippen molar-refractivity contribution in [3.05, 3.63) is 59.2 Å². The van der Waals surface area contributed by atoms with Crippen LogP contribution >= 0.6 is 0 Å². The molecule has 2 amide bonds. The van der Waals surface area contributed by atoms with E-state index in [9.17, 15) is 9.59 Å². The van der Waals surface area contributed by atoms with Gasteiger partial charge in [0.25, 0.3) is 11.8 Å². The summed E-state index contributed by atoms with van der Waals surface area (Å²) in [6.07, 6.45) is -0.713. The van der Waals surface area contributed by atoms with Gasteiger partial charge in [-0.3, -0.25) is 9.59 Å². The molecule has 0 heterocycles. The molecule has 0 saturated carbocycles. The van der Waals surface area contributed by atoms with E-state index in [1.54, 1.807) is 38.3 Å². The second-order valence-electron chi connectivity index (χ2n) is 6.31. The zero-order valence-corrected chi connectivity index (χ0v) is 16.2. The summed E-state index contributed by atoms with van der Waals surface area (Å²) < 4.78 is 10.7. The first-order valence-corrected chi connectivity index (χ1v) is 8.83. The van der Waals surface area contributed by atoms with Crippen LogP contribution in [0.4, 0.5) is 5.69 Å². The molecule has 0 aliphatic rings. The minimum absolute atomic E-state index is 0.272. The molecule has 0 spiro atoms. The quantitative estimate of drug-likeness (QED) is 0.700. The number of benzene rings is 2. The van der Waals surface area contributed by atoms with Crippen molar-refractivity contribution in [3.63, 3.8) is 0 Å². The van der Waals surface area contributed by atoms with Gasteiger partial charge in [0.15, 0.2) is 6.10 Å². The van der Waals surface area contributed by atoms with E-state index in [-0.39, 0.29) is 11.8 Å². The lowest BCUT2D eigenvalue weighted by atomic mass is 10.1. The topological polar surface area (TPSA) is 76.7 Å². The van der Waals surface area contributed by atoms with Gasteiger partial charge in [-0.1, -0.05) is 24.3 Å². The molecule has 2 aromatic carbocycles. The van der Waals surface area contributed by atoms with Gasteiger partial charge in [-0.25, -0.2) is 0 Å². The van der Waals surface area contributed by atoms with Crippen molar-refractivity contribution in [1.82, 2.24) is 5.32 Å². The smallest absolute Gasteiger partial charge is 0.265 e. The van der Waals surface area contributed by atoms with Gasteiger partial charge < -0.3 is 20.1 Å². The van der Waals surface area contributed by atoms with Crippen LogP contribution in [0.5, 0.6) is 5.75 Å². The van der Waals surface area contributed by atoms with Crippen molar-refractivity contribution in [2.75, 3.05) is 25.6 Å². The number of rotatable bonds is 8. The summed E-state index contributed by atoms with van der Waals surface area (Å²) in [5.41, 5.74) is 2.84. The summed E-state index contributed by atoms with van der Waals surface area (Å²) in [4.78, 5) is 24.9. The van der Waals surface area contributed by atoms with Crippen molar-refractivity contribution >= 4 is 17.5 Å². The number of hydrogen-bond acceptors (Lipinski definition) is 4. The Bertz CT molecular complexity index is 805. The van der Waals surface area contributed by atoms with Crippen LogP contribution in [0.15, 0.2) is 42.5 Å². The van der Waals surface area contributed by atoms with E-state index in [4.69, 9.17) is 9.47 Å². The van der Waals surface area contributed by atoms with Gasteiger partial charge in [0, 0.05) is 13.7 Å². The first kappa shape index (κ1) is 20.5. The Balaban J connectivity index is 2.06. The maximum Gasteiger partial charge on any atom is 0.265 e. The van der Waals surface area contributed by atoms with E-state index >= 15 is 0 Å². The summed E-state index contributed by atoms with van der Waals surface area (Å²) in [7, 11) is 1.57. The molecule has 6 heteroatoms. The Hall–Kier alpha value is -2.86. The fourth-order valence-electron chi connectivity index (χ4n) is 2.46. The van der Waals surface area contributed by atoms with Crippen LogP contribution in [0.3, 0.4) is 0 Å². The molecule has 2 rings (SSSR count). The number of aryl methyl sites for hydroxylation is 2. The fourth-order valence-corrected chi connectivity index (χ4v) is 2.46. The van der Waals surface area contributed by atoms with Gasteiger partial charge in [-0.15, -0.1) is 0 Å². The van der Waals surface area contributed by atoms with Crippen molar-refractivity contribution in [2.45, 2.75) is 26.9 Å². The molecule has 0 aliphatic heterocycles. The Morgan fingerprint density at radius 1 is 1.11 bits per heavy atom. The highest BCUT2D eigenvalue weighted by Gasteiger charge is 2.19. The predicted octanol–water partition coefficient (Wildman–Crippen LogP) is 3.09. The largest absolute Gasteiger partial charge is 0.481 e. The highest BCUT2D eigenvalue weighted by Crippen LogP contribution is 2.21. The molecular weight excluding hydrogens is 344 g/mol. The molecule has 6 nitrogen and oxygen atoms in total. The Labute approximate surface area is 159 Å². The van der Waals surface area contributed by atoms with E-state index in [2.05, 4.69) is 10.6 Å². The van der Waals surface area contributed by atoms with Crippen LogP contribution in [0.1, 0.15) is 28.4 Å². The lowest BCUT2D eigenvalue weighted by molar-refractivity contribution is -0.122. The highest BCUT2D eigenvalue weighted by molar-refractivity contribution is 6.04. The molecular formula is C21H26N2O4. The molecule has 0 bridgehead atoms. The summed E-state index contributed by atoms with van der Waals surface area (Å²) in [6, 6.07) is 12.7. The molecule has 27 heavy (non-hydrogen) atoms. The molecule has 144 valence electrons. The summed E-state index contributed by atoms with van der Waals surface area (Å²) in [5, 5.41) is 5.53. The minimum Gasteiger partial charge on any atom is -0.481 e. The maximum absolute atomic E-state index is 12.6. The van der Waals surface area contributed by atoms with Gasteiger partial charge >= 0.3 is 0 Å². The minimum atomic E-state index is -0.713. The zero-order chi connectivity index (χ0) is 19.8. The van der Waals surface area contributed by atoms with Gasteiger partial charge in [-0.05, 0) is 50.1 Å². The van der Waals surface area contributed by atoms with Crippen LogP contribution < -0.4 is 15.4 Å². The molecule has 1 atom stereocenters. The summed E-state index contributed by atoms with van der Waals surface area (Å²) in [6.45, 7) is 6.39.